The lowest BCUT2D eigenvalue weighted by Gasteiger charge is -2.46. The van der Waals surface area contributed by atoms with Gasteiger partial charge in [0.25, 0.3) is 5.91 Å². The lowest BCUT2D eigenvalue weighted by atomic mass is 10.0. The predicted molar refractivity (Wildman–Crippen MR) is 140 cm³/mol. The summed E-state index contributed by atoms with van der Waals surface area (Å²) in [4.78, 5) is 29.9. The van der Waals surface area contributed by atoms with E-state index in [1.165, 1.54) is 0 Å². The zero-order valence-corrected chi connectivity index (χ0v) is 22.2. The lowest BCUT2D eigenvalue weighted by molar-refractivity contribution is -0.145. The van der Waals surface area contributed by atoms with E-state index in [4.69, 9.17) is 27.9 Å². The normalized spacial score (nSPS) is 21.7. The molecule has 0 bridgehead atoms. The van der Waals surface area contributed by atoms with Gasteiger partial charge in [-0.15, -0.1) is 0 Å². The van der Waals surface area contributed by atoms with Crippen LogP contribution in [0, 0.1) is 0 Å². The summed E-state index contributed by atoms with van der Waals surface area (Å²) in [6.45, 7) is 5.35. The van der Waals surface area contributed by atoms with Crippen LogP contribution in [0.2, 0.25) is 10.0 Å². The van der Waals surface area contributed by atoms with Gasteiger partial charge in [-0.1, -0.05) is 29.3 Å². The Morgan fingerprint density at radius 3 is 2.46 bits per heavy atom. The molecule has 4 rings (SSSR count). The molecule has 1 amide bonds. The molecule has 2 aromatic carbocycles. The fourth-order valence-electron chi connectivity index (χ4n) is 4.84. The molecule has 2 aliphatic rings. The highest BCUT2D eigenvalue weighted by atomic mass is 35.5. The van der Waals surface area contributed by atoms with Crippen molar-refractivity contribution in [2.45, 2.75) is 62.6 Å². The summed E-state index contributed by atoms with van der Waals surface area (Å²) in [5.41, 5.74) is 1.46. The molecule has 35 heavy (non-hydrogen) atoms. The first kappa shape index (κ1) is 26.0. The van der Waals surface area contributed by atoms with Gasteiger partial charge in [0.1, 0.15) is 11.9 Å². The second kappa shape index (κ2) is 11.3. The van der Waals surface area contributed by atoms with Crippen molar-refractivity contribution in [1.82, 2.24) is 4.90 Å². The lowest BCUT2D eigenvalue weighted by Crippen LogP contribution is -2.59. The SMILES string of the molecule is C[C@@H]1[C@@H](C)N(c2cccc(Cl)c2)CCN1C(=O)c1ccc(S(=O)CC(=O)OC2CCCC2)c(Cl)c1. The summed E-state index contributed by atoms with van der Waals surface area (Å²) in [6, 6.07) is 12.5. The molecule has 2 fully saturated rings. The fourth-order valence-corrected chi connectivity index (χ4v) is 6.40. The molecule has 1 unspecified atom stereocenters. The van der Waals surface area contributed by atoms with Crippen LogP contribution in [0.25, 0.3) is 0 Å². The summed E-state index contributed by atoms with van der Waals surface area (Å²) < 4.78 is 18.1. The Labute approximate surface area is 219 Å². The van der Waals surface area contributed by atoms with E-state index in [0.29, 0.717) is 28.6 Å². The van der Waals surface area contributed by atoms with Crippen molar-refractivity contribution in [1.29, 1.82) is 0 Å². The highest BCUT2D eigenvalue weighted by Gasteiger charge is 2.34. The molecular formula is C26H30Cl2N2O4S. The minimum atomic E-state index is -1.64. The van der Waals surface area contributed by atoms with Gasteiger partial charge in [-0.25, -0.2) is 0 Å². The molecule has 0 N–H and O–H groups in total. The maximum atomic E-state index is 13.3. The van der Waals surface area contributed by atoms with E-state index < -0.39 is 16.8 Å². The largest absolute Gasteiger partial charge is 0.462 e. The van der Waals surface area contributed by atoms with Gasteiger partial charge in [0.15, 0.2) is 0 Å². The van der Waals surface area contributed by atoms with Gasteiger partial charge in [0, 0.05) is 41.4 Å². The average Bonchev–Trinajstić information content (AvgIpc) is 3.33. The molecule has 0 radical (unpaired) electrons. The Kier molecular flexibility index (Phi) is 8.40. The van der Waals surface area contributed by atoms with Crippen LogP contribution < -0.4 is 4.90 Å². The van der Waals surface area contributed by atoms with Gasteiger partial charge < -0.3 is 14.5 Å². The van der Waals surface area contributed by atoms with Gasteiger partial charge in [-0.05, 0) is 75.9 Å². The van der Waals surface area contributed by atoms with Crippen LogP contribution in [-0.4, -0.2) is 58.0 Å². The number of benzene rings is 2. The topological polar surface area (TPSA) is 66.9 Å². The minimum Gasteiger partial charge on any atom is -0.462 e. The van der Waals surface area contributed by atoms with Crippen molar-refractivity contribution < 1.29 is 18.5 Å². The maximum Gasteiger partial charge on any atom is 0.319 e. The molecule has 1 saturated carbocycles. The molecular weight excluding hydrogens is 507 g/mol. The van der Waals surface area contributed by atoms with E-state index in [2.05, 4.69) is 11.8 Å². The molecule has 2 aromatic rings. The number of ether oxygens (including phenoxy) is 1. The first-order chi connectivity index (χ1) is 16.7. The molecule has 1 saturated heterocycles. The number of amides is 1. The average molecular weight is 538 g/mol. The van der Waals surface area contributed by atoms with E-state index in [1.54, 1.807) is 18.2 Å². The Hall–Kier alpha value is -2.09. The first-order valence-electron chi connectivity index (χ1n) is 11.9. The van der Waals surface area contributed by atoms with Crippen LogP contribution >= 0.6 is 23.2 Å². The van der Waals surface area contributed by atoms with Crippen LogP contribution in [0.4, 0.5) is 5.69 Å². The van der Waals surface area contributed by atoms with Crippen molar-refractivity contribution in [3.63, 3.8) is 0 Å². The van der Waals surface area contributed by atoms with Gasteiger partial charge in [0.2, 0.25) is 0 Å². The van der Waals surface area contributed by atoms with E-state index in [0.717, 1.165) is 31.4 Å². The number of halogens is 2. The summed E-state index contributed by atoms with van der Waals surface area (Å²) in [6.07, 6.45) is 3.75. The van der Waals surface area contributed by atoms with Crippen LogP contribution in [0.5, 0.6) is 0 Å². The Morgan fingerprint density at radius 2 is 1.77 bits per heavy atom. The molecule has 6 nitrogen and oxygen atoms in total. The maximum absolute atomic E-state index is 13.3. The highest BCUT2D eigenvalue weighted by molar-refractivity contribution is 7.85. The minimum absolute atomic E-state index is 0.0480. The number of hydrogen-bond acceptors (Lipinski definition) is 5. The number of rotatable bonds is 6. The van der Waals surface area contributed by atoms with Gasteiger partial charge >= 0.3 is 5.97 Å². The van der Waals surface area contributed by atoms with Crippen molar-refractivity contribution >= 4 is 51.6 Å². The van der Waals surface area contributed by atoms with Crippen molar-refractivity contribution in [2.24, 2.45) is 0 Å². The summed E-state index contributed by atoms with van der Waals surface area (Å²) >= 11 is 12.6. The molecule has 1 aliphatic heterocycles. The van der Waals surface area contributed by atoms with Gasteiger partial charge in [-0.3, -0.25) is 13.8 Å². The molecule has 0 spiro atoms. The molecule has 1 heterocycles. The molecule has 3 atom stereocenters. The first-order valence-corrected chi connectivity index (χ1v) is 14.0. The van der Waals surface area contributed by atoms with Crippen molar-refractivity contribution in [3.8, 4) is 0 Å². The molecule has 9 heteroatoms. The van der Waals surface area contributed by atoms with Crippen molar-refractivity contribution in [2.75, 3.05) is 23.7 Å². The third kappa shape index (κ3) is 6.01. The van der Waals surface area contributed by atoms with E-state index in [9.17, 15) is 13.8 Å². The number of nitrogens with zero attached hydrogens (tertiary/aromatic N) is 2. The third-order valence-corrected chi connectivity index (χ3v) is 8.94. The number of piperazine rings is 1. The smallest absolute Gasteiger partial charge is 0.319 e. The number of esters is 1. The van der Waals surface area contributed by atoms with Crippen molar-refractivity contribution in [3.05, 3.63) is 58.1 Å². The number of hydrogen-bond donors (Lipinski definition) is 0. The summed E-state index contributed by atoms with van der Waals surface area (Å²) in [7, 11) is -1.64. The third-order valence-electron chi connectivity index (χ3n) is 6.94. The van der Waals surface area contributed by atoms with E-state index in [-0.39, 0.29) is 34.9 Å². The van der Waals surface area contributed by atoms with Crippen LogP contribution in [0.3, 0.4) is 0 Å². The Bertz CT molecular complexity index is 1120. The quantitative estimate of drug-likeness (QED) is 0.467. The summed E-state index contributed by atoms with van der Waals surface area (Å²) in [5.74, 6) is -0.856. The number of anilines is 1. The van der Waals surface area contributed by atoms with Crippen LogP contribution in [0.15, 0.2) is 47.4 Å². The second-order valence-electron chi connectivity index (χ2n) is 9.18. The highest BCUT2D eigenvalue weighted by Crippen LogP contribution is 2.29. The number of carbonyl (C=O) groups excluding carboxylic acids is 2. The fraction of sp³-hybridized carbons (Fsp3) is 0.462. The summed E-state index contributed by atoms with van der Waals surface area (Å²) in [5, 5.41) is 0.890. The zero-order chi connectivity index (χ0) is 25.1. The van der Waals surface area contributed by atoms with E-state index >= 15 is 0 Å². The van der Waals surface area contributed by atoms with Gasteiger partial charge in [-0.2, -0.15) is 0 Å². The predicted octanol–water partition coefficient (Wildman–Crippen LogP) is 5.33. The number of carbonyl (C=O) groups is 2. The Balaban J connectivity index is 1.41. The standard InChI is InChI=1S/C26H30Cl2N2O4S/c1-17-18(2)30(13-12-29(17)21-7-5-6-20(27)15-21)26(32)19-10-11-24(23(28)14-19)35(33)16-25(31)34-22-8-3-4-9-22/h5-7,10-11,14-15,17-18,22H,3-4,8-9,12-13,16H2,1-2H3/t17-,18-,35?/m1/s1. The molecule has 1 aliphatic carbocycles. The van der Waals surface area contributed by atoms with Crippen LogP contribution in [-0.2, 0) is 20.3 Å². The molecule has 0 aromatic heterocycles. The Morgan fingerprint density at radius 1 is 1.03 bits per heavy atom. The van der Waals surface area contributed by atoms with Gasteiger partial charge in [0.05, 0.1) is 20.7 Å². The monoisotopic (exact) mass is 536 g/mol. The second-order valence-corrected chi connectivity index (χ2v) is 11.4. The van der Waals surface area contributed by atoms with E-state index in [1.807, 2.05) is 36.1 Å². The zero-order valence-electron chi connectivity index (χ0n) is 19.9. The molecule has 188 valence electrons. The van der Waals surface area contributed by atoms with Crippen LogP contribution in [0.1, 0.15) is 49.9 Å².